The minimum atomic E-state index is -3.80. The summed E-state index contributed by atoms with van der Waals surface area (Å²) in [7, 11) is -3.80. The Morgan fingerprint density at radius 1 is 1.09 bits per heavy atom. The number of hydrogen-bond acceptors (Lipinski definition) is 3. The molecule has 2 rings (SSSR count). The number of nitrogens with two attached hydrogens (primary N) is 1. The van der Waals surface area contributed by atoms with Gasteiger partial charge in [-0.1, -0.05) is 29.8 Å². The molecule has 6 heteroatoms. The van der Waals surface area contributed by atoms with E-state index in [0.29, 0.717) is 5.56 Å². The highest BCUT2D eigenvalue weighted by Gasteiger charge is 2.30. The molecule has 1 amide bonds. The molecule has 2 aromatic rings. The van der Waals surface area contributed by atoms with Crippen LogP contribution in [-0.4, -0.2) is 14.3 Å². The molecule has 0 saturated heterocycles. The fraction of sp³-hybridized carbons (Fsp3) is 0.188. The molecule has 0 heterocycles. The van der Waals surface area contributed by atoms with E-state index in [4.69, 9.17) is 5.73 Å². The van der Waals surface area contributed by atoms with Crippen molar-refractivity contribution in [2.45, 2.75) is 23.5 Å². The van der Waals surface area contributed by atoms with Gasteiger partial charge in [0.25, 0.3) is 0 Å². The highest BCUT2D eigenvalue weighted by molar-refractivity contribution is 7.91. The summed E-state index contributed by atoms with van der Waals surface area (Å²) in [5, 5.41) is -1.13. The van der Waals surface area contributed by atoms with E-state index in [1.54, 1.807) is 12.1 Å². The molecule has 116 valence electrons. The smallest absolute Gasteiger partial charge is 0.219 e. The molecule has 0 bridgehead atoms. The Kier molecular flexibility index (Phi) is 4.61. The number of halogens is 1. The molecule has 0 aliphatic rings. The Morgan fingerprint density at radius 2 is 1.64 bits per heavy atom. The lowest BCUT2D eigenvalue weighted by Crippen LogP contribution is -2.22. The van der Waals surface area contributed by atoms with E-state index in [0.717, 1.165) is 17.7 Å². The van der Waals surface area contributed by atoms with E-state index in [2.05, 4.69) is 0 Å². The molecule has 0 saturated carbocycles. The minimum absolute atomic E-state index is 0.105. The van der Waals surface area contributed by atoms with E-state index >= 15 is 0 Å². The number of hydrogen-bond donors (Lipinski definition) is 1. The lowest BCUT2D eigenvalue weighted by molar-refractivity contribution is -0.118. The van der Waals surface area contributed by atoms with Crippen molar-refractivity contribution in [1.29, 1.82) is 0 Å². The Balaban J connectivity index is 2.50. The topological polar surface area (TPSA) is 77.2 Å². The van der Waals surface area contributed by atoms with Gasteiger partial charge in [0, 0.05) is 6.42 Å². The first-order valence-electron chi connectivity index (χ1n) is 6.65. The zero-order valence-electron chi connectivity index (χ0n) is 12.0. The maximum atomic E-state index is 13.0. The maximum Gasteiger partial charge on any atom is 0.219 e. The summed E-state index contributed by atoms with van der Waals surface area (Å²) in [5.74, 6) is -1.21. The molecule has 1 unspecified atom stereocenters. The Labute approximate surface area is 128 Å². The predicted octanol–water partition coefficient (Wildman–Crippen LogP) is 2.52. The first kappa shape index (κ1) is 16.2. The zero-order valence-corrected chi connectivity index (χ0v) is 12.8. The van der Waals surface area contributed by atoms with E-state index in [9.17, 15) is 17.6 Å². The van der Waals surface area contributed by atoms with Crippen molar-refractivity contribution in [2.75, 3.05) is 0 Å². The van der Waals surface area contributed by atoms with Crippen LogP contribution in [0.25, 0.3) is 0 Å². The number of primary amides is 1. The number of amides is 1. The summed E-state index contributed by atoms with van der Waals surface area (Å²) in [4.78, 5) is 11.4. The largest absolute Gasteiger partial charge is 0.370 e. The number of aryl methyl sites for hydroxylation is 1. The van der Waals surface area contributed by atoms with Crippen LogP contribution in [-0.2, 0) is 14.6 Å². The van der Waals surface area contributed by atoms with E-state index in [-0.39, 0.29) is 11.3 Å². The average molecular weight is 321 g/mol. The fourth-order valence-electron chi connectivity index (χ4n) is 2.16. The molecule has 0 aliphatic carbocycles. The molecular formula is C16H16FNO3S. The van der Waals surface area contributed by atoms with Crippen molar-refractivity contribution in [3.05, 3.63) is 65.5 Å². The van der Waals surface area contributed by atoms with Crippen LogP contribution < -0.4 is 5.73 Å². The minimum Gasteiger partial charge on any atom is -0.370 e. The predicted molar refractivity (Wildman–Crippen MR) is 81.3 cm³/mol. The van der Waals surface area contributed by atoms with Crippen molar-refractivity contribution in [2.24, 2.45) is 5.73 Å². The highest BCUT2D eigenvalue weighted by atomic mass is 32.2. The van der Waals surface area contributed by atoms with Gasteiger partial charge in [-0.25, -0.2) is 12.8 Å². The quantitative estimate of drug-likeness (QED) is 0.919. The summed E-state index contributed by atoms with van der Waals surface area (Å²) < 4.78 is 38.6. The third-order valence-corrected chi connectivity index (χ3v) is 5.47. The summed E-state index contributed by atoms with van der Waals surface area (Å²) in [6.45, 7) is 1.84. The fourth-order valence-corrected chi connectivity index (χ4v) is 3.90. The van der Waals surface area contributed by atoms with Crippen LogP contribution in [0.4, 0.5) is 4.39 Å². The number of sulfone groups is 1. The first-order chi connectivity index (χ1) is 10.3. The monoisotopic (exact) mass is 321 g/mol. The van der Waals surface area contributed by atoms with Crippen molar-refractivity contribution in [1.82, 2.24) is 0 Å². The third-order valence-electron chi connectivity index (χ3n) is 3.35. The molecule has 0 aromatic heterocycles. The molecule has 0 spiro atoms. The van der Waals surface area contributed by atoms with E-state index in [1.807, 2.05) is 6.92 Å². The number of carbonyl (C=O) groups excluding carboxylic acids is 1. The van der Waals surface area contributed by atoms with Gasteiger partial charge >= 0.3 is 0 Å². The van der Waals surface area contributed by atoms with Crippen LogP contribution >= 0.6 is 0 Å². The number of carbonyl (C=O) groups is 1. The van der Waals surface area contributed by atoms with Crippen LogP contribution in [0, 0.1) is 12.7 Å². The lowest BCUT2D eigenvalue weighted by atomic mass is 10.1. The van der Waals surface area contributed by atoms with Gasteiger partial charge in [-0.2, -0.15) is 0 Å². The van der Waals surface area contributed by atoms with Gasteiger partial charge in [-0.05, 0) is 36.8 Å². The zero-order chi connectivity index (χ0) is 16.3. The molecule has 2 N–H and O–H groups in total. The first-order valence-corrected chi connectivity index (χ1v) is 8.19. The standard InChI is InChI=1S/C16H16FNO3S/c1-11-2-8-14(9-3-11)22(20,21)15(10-16(18)19)12-4-6-13(17)7-5-12/h2-9,15H,10H2,1H3,(H2,18,19). The number of benzene rings is 2. The molecule has 4 nitrogen and oxygen atoms in total. The van der Waals surface area contributed by atoms with Crippen LogP contribution in [0.15, 0.2) is 53.4 Å². The lowest BCUT2D eigenvalue weighted by Gasteiger charge is -2.17. The molecule has 1 atom stereocenters. The van der Waals surface area contributed by atoms with Crippen LogP contribution in [0.1, 0.15) is 22.8 Å². The second kappa shape index (κ2) is 6.27. The van der Waals surface area contributed by atoms with E-state index < -0.39 is 26.8 Å². The highest BCUT2D eigenvalue weighted by Crippen LogP contribution is 2.31. The number of rotatable bonds is 5. The van der Waals surface area contributed by atoms with Gasteiger partial charge in [0.2, 0.25) is 5.91 Å². The molecule has 0 radical (unpaired) electrons. The summed E-state index contributed by atoms with van der Waals surface area (Å²) in [6, 6.07) is 11.4. The van der Waals surface area contributed by atoms with Gasteiger partial charge in [-0.15, -0.1) is 0 Å². The Bertz CT molecular complexity index is 768. The van der Waals surface area contributed by atoms with Gasteiger partial charge in [0.1, 0.15) is 5.82 Å². The van der Waals surface area contributed by atoms with Crippen molar-refractivity contribution in [3.8, 4) is 0 Å². The molecule has 0 aliphatic heterocycles. The second-order valence-electron chi connectivity index (χ2n) is 5.07. The van der Waals surface area contributed by atoms with Gasteiger partial charge < -0.3 is 5.73 Å². The molecule has 22 heavy (non-hydrogen) atoms. The van der Waals surface area contributed by atoms with Gasteiger partial charge in [0.15, 0.2) is 9.84 Å². The van der Waals surface area contributed by atoms with Crippen molar-refractivity contribution in [3.63, 3.8) is 0 Å². The molecular weight excluding hydrogens is 305 g/mol. The SMILES string of the molecule is Cc1ccc(S(=O)(=O)C(CC(N)=O)c2ccc(F)cc2)cc1. The van der Waals surface area contributed by atoms with Crippen molar-refractivity contribution >= 4 is 15.7 Å². The Hall–Kier alpha value is -2.21. The van der Waals surface area contributed by atoms with Crippen molar-refractivity contribution < 1.29 is 17.6 Å². The molecule has 0 fully saturated rings. The normalized spacial score (nSPS) is 12.8. The summed E-state index contributed by atoms with van der Waals surface area (Å²) >= 11 is 0. The average Bonchev–Trinajstić information content (AvgIpc) is 2.46. The van der Waals surface area contributed by atoms with Gasteiger partial charge in [-0.3, -0.25) is 4.79 Å². The second-order valence-corrected chi connectivity index (χ2v) is 7.20. The third kappa shape index (κ3) is 3.51. The van der Waals surface area contributed by atoms with Crippen LogP contribution in [0.3, 0.4) is 0 Å². The molecule has 2 aromatic carbocycles. The Morgan fingerprint density at radius 3 is 2.14 bits per heavy atom. The maximum absolute atomic E-state index is 13.0. The van der Waals surface area contributed by atoms with E-state index in [1.165, 1.54) is 24.3 Å². The van der Waals surface area contributed by atoms with Crippen LogP contribution in [0.5, 0.6) is 0 Å². The van der Waals surface area contributed by atoms with Crippen LogP contribution in [0.2, 0.25) is 0 Å². The van der Waals surface area contributed by atoms with Gasteiger partial charge in [0.05, 0.1) is 10.1 Å². The summed E-state index contributed by atoms with van der Waals surface area (Å²) in [6.07, 6.45) is -0.359. The summed E-state index contributed by atoms with van der Waals surface area (Å²) in [5.41, 5.74) is 6.44.